The van der Waals surface area contributed by atoms with Gasteiger partial charge in [0, 0.05) is 29.3 Å². The lowest BCUT2D eigenvalue weighted by atomic mass is 10.00. The molecule has 5 nitrogen and oxygen atoms in total. The summed E-state index contributed by atoms with van der Waals surface area (Å²) in [6, 6.07) is 11.7. The summed E-state index contributed by atoms with van der Waals surface area (Å²) >= 11 is 0. The van der Waals surface area contributed by atoms with Gasteiger partial charge in [-0.15, -0.1) is 0 Å². The van der Waals surface area contributed by atoms with Gasteiger partial charge in [-0.3, -0.25) is 4.79 Å². The van der Waals surface area contributed by atoms with Crippen LogP contribution in [0.5, 0.6) is 11.5 Å². The Morgan fingerprint density at radius 3 is 2.35 bits per heavy atom. The molecule has 0 aliphatic rings. The highest BCUT2D eigenvalue weighted by Gasteiger charge is 2.14. The fraction of sp³-hybridized carbons (Fsp3) is 0.111. The van der Waals surface area contributed by atoms with Crippen LogP contribution in [0.2, 0.25) is 0 Å². The Kier molecular flexibility index (Phi) is 3.85. The third-order valence-corrected chi connectivity index (χ3v) is 3.59. The van der Waals surface area contributed by atoms with E-state index in [1.807, 2.05) is 0 Å². The molecule has 0 aliphatic heterocycles. The van der Waals surface area contributed by atoms with Crippen LogP contribution < -0.4 is 15.1 Å². The van der Waals surface area contributed by atoms with Crippen LogP contribution in [0.3, 0.4) is 0 Å². The molecular weight excluding hydrogens is 296 g/mol. The fourth-order valence-electron chi connectivity index (χ4n) is 2.49. The van der Waals surface area contributed by atoms with Gasteiger partial charge in [0.15, 0.2) is 0 Å². The molecule has 0 N–H and O–H groups in total. The molecule has 0 atom stereocenters. The van der Waals surface area contributed by atoms with E-state index in [1.165, 1.54) is 13.2 Å². The van der Waals surface area contributed by atoms with E-state index in [0.29, 0.717) is 33.6 Å². The minimum Gasteiger partial charge on any atom is -0.496 e. The van der Waals surface area contributed by atoms with Crippen LogP contribution in [0.15, 0.2) is 51.7 Å². The van der Waals surface area contributed by atoms with E-state index in [1.54, 1.807) is 43.5 Å². The summed E-state index contributed by atoms with van der Waals surface area (Å²) in [5.41, 5.74) is 1.94. The Labute approximate surface area is 132 Å². The Morgan fingerprint density at radius 2 is 1.74 bits per heavy atom. The minimum atomic E-state index is -0.470. The van der Waals surface area contributed by atoms with E-state index in [0.717, 1.165) is 11.8 Å². The zero-order valence-corrected chi connectivity index (χ0v) is 12.7. The SMILES string of the molecule is COc1cc(OC)c2c(-c3ccc(C=O)cc3)cc(=O)oc2c1. The molecule has 0 unspecified atom stereocenters. The first-order valence-corrected chi connectivity index (χ1v) is 6.91. The molecule has 1 aromatic heterocycles. The zero-order chi connectivity index (χ0) is 16.4. The van der Waals surface area contributed by atoms with Crippen molar-refractivity contribution in [2.24, 2.45) is 0 Å². The number of methoxy groups -OCH3 is 2. The van der Waals surface area contributed by atoms with Crippen molar-refractivity contribution in [2.75, 3.05) is 14.2 Å². The highest BCUT2D eigenvalue weighted by Crippen LogP contribution is 2.37. The molecule has 0 spiro atoms. The maximum absolute atomic E-state index is 11.9. The van der Waals surface area contributed by atoms with Gasteiger partial charge in [0.25, 0.3) is 0 Å². The Balaban J connectivity index is 2.34. The van der Waals surface area contributed by atoms with Crippen molar-refractivity contribution in [1.82, 2.24) is 0 Å². The van der Waals surface area contributed by atoms with Crippen molar-refractivity contribution >= 4 is 17.3 Å². The summed E-state index contributed by atoms with van der Waals surface area (Å²) in [5, 5.41) is 0.673. The zero-order valence-electron chi connectivity index (χ0n) is 12.7. The smallest absolute Gasteiger partial charge is 0.336 e. The minimum absolute atomic E-state index is 0.378. The molecule has 3 aromatic rings. The molecule has 2 aromatic carbocycles. The predicted molar refractivity (Wildman–Crippen MR) is 86.4 cm³/mol. The number of hydrogen-bond donors (Lipinski definition) is 0. The van der Waals surface area contributed by atoms with E-state index in [2.05, 4.69) is 0 Å². The van der Waals surface area contributed by atoms with Crippen molar-refractivity contribution in [3.63, 3.8) is 0 Å². The molecule has 1 heterocycles. The third-order valence-electron chi connectivity index (χ3n) is 3.59. The Hall–Kier alpha value is -3.08. The standard InChI is InChI=1S/C18H14O5/c1-21-13-7-15(22-2)18-14(9-17(20)23-16(18)8-13)12-5-3-11(10-19)4-6-12/h3-10H,1-2H3. The predicted octanol–water partition coefficient (Wildman–Crippen LogP) is 3.29. The first kappa shape index (κ1) is 14.8. The van der Waals surface area contributed by atoms with Gasteiger partial charge >= 0.3 is 5.63 Å². The number of fused-ring (bicyclic) bond motifs is 1. The fourth-order valence-corrected chi connectivity index (χ4v) is 2.49. The average Bonchev–Trinajstić information content (AvgIpc) is 2.59. The largest absolute Gasteiger partial charge is 0.496 e. The highest BCUT2D eigenvalue weighted by molar-refractivity contribution is 5.98. The normalized spacial score (nSPS) is 10.5. The van der Waals surface area contributed by atoms with Crippen LogP contribution >= 0.6 is 0 Å². The van der Waals surface area contributed by atoms with Gasteiger partial charge in [-0.1, -0.05) is 24.3 Å². The molecule has 0 aliphatic carbocycles. The van der Waals surface area contributed by atoms with Crippen molar-refractivity contribution in [3.8, 4) is 22.6 Å². The molecule has 116 valence electrons. The molecule has 0 bridgehead atoms. The molecule has 0 saturated carbocycles. The second kappa shape index (κ2) is 5.96. The lowest BCUT2D eigenvalue weighted by molar-refractivity contribution is 0.112. The summed E-state index contributed by atoms with van der Waals surface area (Å²) in [6.45, 7) is 0. The van der Waals surface area contributed by atoms with Crippen molar-refractivity contribution < 1.29 is 18.7 Å². The van der Waals surface area contributed by atoms with Gasteiger partial charge in [-0.05, 0) is 5.56 Å². The Morgan fingerprint density at radius 1 is 1.00 bits per heavy atom. The van der Waals surface area contributed by atoms with Crippen LogP contribution in [0.4, 0.5) is 0 Å². The number of rotatable bonds is 4. The van der Waals surface area contributed by atoms with Gasteiger partial charge in [-0.25, -0.2) is 4.79 Å². The topological polar surface area (TPSA) is 65.7 Å². The first-order chi connectivity index (χ1) is 11.2. The maximum atomic E-state index is 11.9. The molecule has 3 rings (SSSR count). The first-order valence-electron chi connectivity index (χ1n) is 6.91. The summed E-state index contributed by atoms with van der Waals surface area (Å²) in [4.78, 5) is 22.7. The van der Waals surface area contributed by atoms with Crippen molar-refractivity contribution in [1.29, 1.82) is 0 Å². The maximum Gasteiger partial charge on any atom is 0.336 e. The molecule has 0 radical (unpaired) electrons. The lowest BCUT2D eigenvalue weighted by Crippen LogP contribution is -2.00. The van der Waals surface area contributed by atoms with Crippen molar-refractivity contribution in [2.45, 2.75) is 0 Å². The number of carbonyl (C=O) groups is 1. The summed E-state index contributed by atoms with van der Waals surface area (Å²) in [6.07, 6.45) is 0.771. The van der Waals surface area contributed by atoms with Gasteiger partial charge in [0.1, 0.15) is 23.4 Å². The molecule has 0 fully saturated rings. The average molecular weight is 310 g/mol. The highest BCUT2D eigenvalue weighted by atomic mass is 16.5. The third kappa shape index (κ3) is 2.68. The van der Waals surface area contributed by atoms with Crippen LogP contribution in [-0.2, 0) is 0 Å². The van der Waals surface area contributed by atoms with Crippen LogP contribution in [0.1, 0.15) is 10.4 Å². The number of carbonyl (C=O) groups excluding carboxylic acids is 1. The quantitative estimate of drug-likeness (QED) is 0.546. The summed E-state index contributed by atoms with van der Waals surface area (Å²) < 4.78 is 15.9. The van der Waals surface area contributed by atoms with E-state index in [9.17, 15) is 9.59 Å². The van der Waals surface area contributed by atoms with E-state index in [-0.39, 0.29) is 0 Å². The number of aldehydes is 1. The van der Waals surface area contributed by atoms with Crippen LogP contribution in [-0.4, -0.2) is 20.5 Å². The van der Waals surface area contributed by atoms with E-state index < -0.39 is 5.63 Å². The van der Waals surface area contributed by atoms with Crippen LogP contribution in [0.25, 0.3) is 22.1 Å². The molecule has 0 amide bonds. The number of ether oxygens (including phenoxy) is 2. The monoisotopic (exact) mass is 310 g/mol. The van der Waals surface area contributed by atoms with Gasteiger partial charge in [0.05, 0.1) is 19.6 Å². The molecule has 0 saturated heterocycles. The molecule has 23 heavy (non-hydrogen) atoms. The van der Waals surface area contributed by atoms with E-state index in [4.69, 9.17) is 13.9 Å². The van der Waals surface area contributed by atoms with E-state index >= 15 is 0 Å². The summed E-state index contributed by atoms with van der Waals surface area (Å²) in [7, 11) is 3.07. The second-order valence-electron chi connectivity index (χ2n) is 4.92. The van der Waals surface area contributed by atoms with Crippen LogP contribution in [0, 0.1) is 0 Å². The van der Waals surface area contributed by atoms with Crippen molar-refractivity contribution in [3.05, 3.63) is 58.4 Å². The Bertz CT molecular complexity index is 923. The number of benzene rings is 2. The van der Waals surface area contributed by atoms with Gasteiger partial charge < -0.3 is 13.9 Å². The van der Waals surface area contributed by atoms with Gasteiger partial charge in [-0.2, -0.15) is 0 Å². The van der Waals surface area contributed by atoms with Gasteiger partial charge in [0.2, 0.25) is 0 Å². The molecule has 5 heteroatoms. The number of hydrogen-bond acceptors (Lipinski definition) is 5. The summed E-state index contributed by atoms with van der Waals surface area (Å²) in [5.74, 6) is 1.07. The second-order valence-corrected chi connectivity index (χ2v) is 4.92. The molecular formula is C18H14O5. The lowest BCUT2D eigenvalue weighted by Gasteiger charge is -2.11.